The van der Waals surface area contributed by atoms with Crippen molar-refractivity contribution in [1.29, 1.82) is 0 Å². The highest BCUT2D eigenvalue weighted by Gasteiger charge is 2.24. The molecule has 1 heteroatoms. The van der Waals surface area contributed by atoms with Crippen molar-refractivity contribution in [2.45, 2.75) is 40.0 Å². The Hall–Kier alpha value is -2.28. The van der Waals surface area contributed by atoms with Gasteiger partial charge >= 0.3 is 0 Å². The van der Waals surface area contributed by atoms with Crippen LogP contribution in [-0.4, -0.2) is 0 Å². The summed E-state index contributed by atoms with van der Waals surface area (Å²) in [7, 11) is 0. The number of hydrogen-bond donors (Lipinski definition) is 0. The Morgan fingerprint density at radius 2 is 1.52 bits per heavy atom. The van der Waals surface area contributed by atoms with Crippen LogP contribution in [0.2, 0.25) is 0 Å². The molecule has 0 atom stereocenters. The number of rotatable bonds is 0. The first-order valence-corrected chi connectivity index (χ1v) is 8.22. The van der Waals surface area contributed by atoms with Crippen molar-refractivity contribution < 1.29 is 4.42 Å². The second-order valence-electron chi connectivity index (χ2n) is 7.60. The van der Waals surface area contributed by atoms with E-state index in [2.05, 4.69) is 77.1 Å². The van der Waals surface area contributed by atoms with Gasteiger partial charge in [0, 0.05) is 21.7 Å². The van der Waals surface area contributed by atoms with Crippen molar-refractivity contribution in [1.82, 2.24) is 0 Å². The van der Waals surface area contributed by atoms with E-state index in [1.54, 1.807) is 0 Å². The molecule has 4 aromatic rings. The Bertz CT molecular complexity index is 1060. The fraction of sp³-hybridized carbons (Fsp3) is 0.273. The van der Waals surface area contributed by atoms with Gasteiger partial charge in [-0.15, -0.1) is 0 Å². The Balaban J connectivity index is 2.29. The third-order valence-corrected chi connectivity index (χ3v) is 4.78. The zero-order chi connectivity index (χ0) is 16.4. The van der Waals surface area contributed by atoms with Gasteiger partial charge in [-0.1, -0.05) is 57.2 Å². The molecule has 0 N–H and O–H groups in total. The highest BCUT2D eigenvalue weighted by Crippen LogP contribution is 2.41. The molecule has 0 bridgehead atoms. The van der Waals surface area contributed by atoms with Gasteiger partial charge in [-0.2, -0.15) is 0 Å². The molecule has 0 saturated carbocycles. The quantitative estimate of drug-likeness (QED) is 0.354. The molecule has 1 aromatic heterocycles. The van der Waals surface area contributed by atoms with Crippen LogP contribution in [0.25, 0.3) is 32.7 Å². The Morgan fingerprint density at radius 3 is 2.26 bits per heavy atom. The van der Waals surface area contributed by atoms with Crippen molar-refractivity contribution in [2.24, 2.45) is 0 Å². The zero-order valence-corrected chi connectivity index (χ0v) is 14.4. The number of hydrogen-bond acceptors (Lipinski definition) is 1. The molecule has 0 fully saturated rings. The molecule has 0 amide bonds. The van der Waals surface area contributed by atoms with Gasteiger partial charge in [0.1, 0.15) is 11.2 Å². The van der Waals surface area contributed by atoms with E-state index in [9.17, 15) is 0 Å². The molecule has 116 valence electrons. The van der Waals surface area contributed by atoms with Crippen LogP contribution in [0.5, 0.6) is 0 Å². The van der Waals surface area contributed by atoms with Gasteiger partial charge < -0.3 is 4.42 Å². The highest BCUT2D eigenvalue weighted by molar-refractivity contribution is 6.16. The molecule has 1 heterocycles. The summed E-state index contributed by atoms with van der Waals surface area (Å²) >= 11 is 0. The summed E-state index contributed by atoms with van der Waals surface area (Å²) in [5.74, 6) is 0. The molecule has 4 rings (SSSR count). The second-order valence-corrected chi connectivity index (χ2v) is 7.60. The first kappa shape index (κ1) is 14.3. The molecule has 0 aliphatic carbocycles. The summed E-state index contributed by atoms with van der Waals surface area (Å²) in [5.41, 5.74) is 6.04. The molecule has 0 aliphatic rings. The molecule has 23 heavy (non-hydrogen) atoms. The lowest BCUT2D eigenvalue weighted by molar-refractivity contribution is 0.569. The molecule has 3 aromatic carbocycles. The van der Waals surface area contributed by atoms with Gasteiger partial charge in [0.25, 0.3) is 0 Å². The summed E-state index contributed by atoms with van der Waals surface area (Å²) in [4.78, 5) is 0. The van der Waals surface area contributed by atoms with E-state index in [-0.39, 0.29) is 5.41 Å². The van der Waals surface area contributed by atoms with E-state index in [4.69, 9.17) is 4.42 Å². The molecule has 0 radical (unpaired) electrons. The zero-order valence-electron chi connectivity index (χ0n) is 14.4. The van der Waals surface area contributed by atoms with Gasteiger partial charge in [-0.25, -0.2) is 0 Å². The van der Waals surface area contributed by atoms with E-state index in [0.29, 0.717) is 0 Å². The van der Waals surface area contributed by atoms with Crippen LogP contribution in [0.3, 0.4) is 0 Å². The first-order valence-electron chi connectivity index (χ1n) is 8.22. The topological polar surface area (TPSA) is 13.1 Å². The summed E-state index contributed by atoms with van der Waals surface area (Å²) in [6.07, 6.45) is 0. The summed E-state index contributed by atoms with van der Waals surface area (Å²) < 4.78 is 6.49. The highest BCUT2D eigenvalue weighted by atomic mass is 16.3. The molecule has 0 spiro atoms. The van der Waals surface area contributed by atoms with Gasteiger partial charge in [-0.3, -0.25) is 0 Å². The maximum absolute atomic E-state index is 6.49. The van der Waals surface area contributed by atoms with Crippen molar-refractivity contribution in [3.05, 3.63) is 59.2 Å². The van der Waals surface area contributed by atoms with Crippen molar-refractivity contribution in [3.63, 3.8) is 0 Å². The number of aryl methyl sites for hydroxylation is 2. The van der Waals surface area contributed by atoms with Crippen LogP contribution in [0, 0.1) is 13.8 Å². The van der Waals surface area contributed by atoms with Crippen LogP contribution in [-0.2, 0) is 5.41 Å². The predicted octanol–water partition coefficient (Wildman–Crippen LogP) is 6.65. The van der Waals surface area contributed by atoms with Crippen molar-refractivity contribution >= 4 is 32.7 Å². The standard InChI is InChI=1S/C22H22O/c1-13-12-14(2)19(22(3,4)5)21-18(13)17-11-10-15-8-6-7-9-16(15)20(17)23-21/h6-12H,1-5H3. The third-order valence-electron chi connectivity index (χ3n) is 4.78. The van der Waals surface area contributed by atoms with E-state index in [0.717, 1.165) is 11.2 Å². The van der Waals surface area contributed by atoms with Crippen LogP contribution in [0.1, 0.15) is 37.5 Å². The minimum absolute atomic E-state index is 0.0553. The molecular formula is C22H22O. The lowest BCUT2D eigenvalue weighted by atomic mass is 9.82. The minimum atomic E-state index is 0.0553. The Kier molecular flexibility index (Phi) is 2.87. The maximum Gasteiger partial charge on any atom is 0.143 e. The van der Waals surface area contributed by atoms with Crippen LogP contribution >= 0.6 is 0 Å². The summed E-state index contributed by atoms with van der Waals surface area (Å²) in [6.45, 7) is 11.2. The molecule has 0 aliphatic heterocycles. The number of fused-ring (bicyclic) bond motifs is 5. The fourth-order valence-electron chi connectivity index (χ4n) is 3.97. The Labute approximate surface area is 136 Å². The van der Waals surface area contributed by atoms with Crippen molar-refractivity contribution in [3.8, 4) is 0 Å². The SMILES string of the molecule is Cc1cc(C)c2c(oc3c4ccccc4ccc32)c1C(C)(C)C. The largest absolute Gasteiger partial charge is 0.455 e. The van der Waals surface area contributed by atoms with Crippen LogP contribution in [0.4, 0.5) is 0 Å². The van der Waals surface area contributed by atoms with E-state index >= 15 is 0 Å². The average molecular weight is 302 g/mol. The number of benzene rings is 3. The molecule has 0 saturated heterocycles. The average Bonchev–Trinajstić information content (AvgIpc) is 2.85. The fourth-order valence-corrected chi connectivity index (χ4v) is 3.97. The minimum Gasteiger partial charge on any atom is -0.455 e. The van der Waals surface area contributed by atoms with Gasteiger partial charge in [0.05, 0.1) is 0 Å². The Morgan fingerprint density at radius 1 is 0.783 bits per heavy atom. The first-order chi connectivity index (χ1) is 10.9. The van der Waals surface area contributed by atoms with Gasteiger partial charge in [-0.05, 0) is 41.8 Å². The number of furan rings is 1. The molecule has 1 nitrogen and oxygen atoms in total. The summed E-state index contributed by atoms with van der Waals surface area (Å²) in [6, 6.07) is 15.2. The second kappa shape index (κ2) is 4.61. The lowest BCUT2D eigenvalue weighted by Crippen LogP contribution is -2.13. The third kappa shape index (κ3) is 1.99. The van der Waals surface area contributed by atoms with E-state index in [1.165, 1.54) is 38.2 Å². The van der Waals surface area contributed by atoms with Gasteiger partial charge in [0.2, 0.25) is 0 Å². The van der Waals surface area contributed by atoms with E-state index < -0.39 is 0 Å². The van der Waals surface area contributed by atoms with Crippen molar-refractivity contribution in [2.75, 3.05) is 0 Å². The normalized spacial score (nSPS) is 12.6. The monoisotopic (exact) mass is 302 g/mol. The summed E-state index contributed by atoms with van der Waals surface area (Å²) in [5, 5.41) is 4.91. The predicted molar refractivity (Wildman–Crippen MR) is 99.4 cm³/mol. The lowest BCUT2D eigenvalue weighted by Gasteiger charge is -2.22. The van der Waals surface area contributed by atoms with E-state index in [1.807, 2.05) is 0 Å². The van der Waals surface area contributed by atoms with Crippen LogP contribution < -0.4 is 0 Å². The smallest absolute Gasteiger partial charge is 0.143 e. The van der Waals surface area contributed by atoms with Crippen LogP contribution in [0.15, 0.2) is 46.9 Å². The molecular weight excluding hydrogens is 280 g/mol. The maximum atomic E-state index is 6.49. The van der Waals surface area contributed by atoms with Gasteiger partial charge in [0.15, 0.2) is 0 Å². The molecule has 0 unspecified atom stereocenters.